The molecule has 0 bridgehead atoms. The van der Waals surface area contributed by atoms with Crippen LogP contribution < -0.4 is 5.32 Å². The molecule has 0 atom stereocenters. The van der Waals surface area contributed by atoms with Crippen LogP contribution in [0, 0.1) is 0 Å². The summed E-state index contributed by atoms with van der Waals surface area (Å²) in [4.78, 5) is 13.9. The Balaban J connectivity index is 1.88. The van der Waals surface area contributed by atoms with Gasteiger partial charge in [-0.25, -0.2) is 13.2 Å². The SMILES string of the molecule is CCC(CC)NC(=O)N1CCN(S(=O)(=O)Cc2ccccc2)CC1. The third-order valence-electron chi connectivity index (χ3n) is 4.42. The molecule has 7 heteroatoms. The third kappa shape index (κ3) is 4.95. The van der Waals surface area contributed by atoms with Crippen molar-refractivity contribution in [1.29, 1.82) is 0 Å². The van der Waals surface area contributed by atoms with Gasteiger partial charge in [0.2, 0.25) is 10.0 Å². The van der Waals surface area contributed by atoms with Crippen LogP contribution in [0.15, 0.2) is 30.3 Å². The summed E-state index contributed by atoms with van der Waals surface area (Å²) in [6, 6.07) is 9.26. The van der Waals surface area contributed by atoms with E-state index in [0.717, 1.165) is 18.4 Å². The number of benzene rings is 1. The van der Waals surface area contributed by atoms with Crippen molar-refractivity contribution in [3.05, 3.63) is 35.9 Å². The molecule has 6 nitrogen and oxygen atoms in total. The predicted molar refractivity (Wildman–Crippen MR) is 95.1 cm³/mol. The zero-order valence-corrected chi connectivity index (χ0v) is 15.3. The average molecular weight is 353 g/mol. The number of piperazine rings is 1. The minimum atomic E-state index is -3.34. The largest absolute Gasteiger partial charge is 0.335 e. The summed E-state index contributed by atoms with van der Waals surface area (Å²) in [6.45, 7) is 5.65. The number of nitrogens with one attached hydrogen (secondary N) is 1. The van der Waals surface area contributed by atoms with Gasteiger partial charge in [0.15, 0.2) is 0 Å². The second-order valence-electron chi connectivity index (χ2n) is 6.09. The topological polar surface area (TPSA) is 69.7 Å². The lowest BCUT2D eigenvalue weighted by molar-refractivity contribution is 0.168. The van der Waals surface area contributed by atoms with Gasteiger partial charge in [-0.15, -0.1) is 0 Å². The molecule has 1 fully saturated rings. The van der Waals surface area contributed by atoms with Crippen LogP contribution in [-0.4, -0.2) is 55.9 Å². The summed E-state index contributed by atoms with van der Waals surface area (Å²) in [5, 5.41) is 3.00. The number of carbonyl (C=O) groups excluding carboxylic acids is 1. The van der Waals surface area contributed by atoms with Crippen molar-refractivity contribution in [3.63, 3.8) is 0 Å². The second-order valence-corrected chi connectivity index (χ2v) is 8.06. The molecule has 2 amide bonds. The van der Waals surface area contributed by atoms with E-state index < -0.39 is 10.0 Å². The molecule has 134 valence electrons. The highest BCUT2D eigenvalue weighted by molar-refractivity contribution is 7.88. The van der Waals surface area contributed by atoms with Crippen molar-refractivity contribution in [3.8, 4) is 0 Å². The zero-order chi connectivity index (χ0) is 17.6. The average Bonchev–Trinajstić information content (AvgIpc) is 2.60. The molecule has 1 saturated heterocycles. The highest BCUT2D eigenvalue weighted by Gasteiger charge is 2.29. The number of nitrogens with zero attached hydrogens (tertiary/aromatic N) is 2. The van der Waals surface area contributed by atoms with Crippen molar-refractivity contribution >= 4 is 16.1 Å². The quantitative estimate of drug-likeness (QED) is 0.851. The van der Waals surface area contributed by atoms with E-state index in [4.69, 9.17) is 0 Å². The van der Waals surface area contributed by atoms with Gasteiger partial charge < -0.3 is 10.2 Å². The standard InChI is InChI=1S/C17H27N3O3S/c1-3-16(4-2)18-17(21)19-10-12-20(13-11-19)24(22,23)14-15-8-6-5-7-9-15/h5-9,16H,3-4,10-14H2,1-2H3,(H,18,21). The molecule has 1 N–H and O–H groups in total. The van der Waals surface area contributed by atoms with E-state index in [0.29, 0.717) is 26.2 Å². The second kappa shape index (κ2) is 8.48. The first kappa shape index (κ1) is 18.7. The van der Waals surface area contributed by atoms with Gasteiger partial charge in [-0.2, -0.15) is 4.31 Å². The minimum absolute atomic E-state index is 0.00772. The van der Waals surface area contributed by atoms with Crippen molar-refractivity contribution < 1.29 is 13.2 Å². The van der Waals surface area contributed by atoms with Gasteiger partial charge in [-0.3, -0.25) is 0 Å². The molecule has 0 spiro atoms. The van der Waals surface area contributed by atoms with E-state index in [1.807, 2.05) is 44.2 Å². The Morgan fingerprint density at radius 2 is 1.67 bits per heavy atom. The van der Waals surface area contributed by atoms with E-state index in [-0.39, 0.29) is 17.8 Å². The predicted octanol–water partition coefficient (Wildman–Crippen LogP) is 2.03. The van der Waals surface area contributed by atoms with Gasteiger partial charge in [0.25, 0.3) is 0 Å². The van der Waals surface area contributed by atoms with E-state index in [2.05, 4.69) is 5.32 Å². The van der Waals surface area contributed by atoms with Crippen LogP contribution in [0.5, 0.6) is 0 Å². The van der Waals surface area contributed by atoms with Gasteiger partial charge in [-0.1, -0.05) is 44.2 Å². The highest BCUT2D eigenvalue weighted by Crippen LogP contribution is 2.14. The molecule has 2 rings (SSSR count). The summed E-state index contributed by atoms with van der Waals surface area (Å²) in [5.41, 5.74) is 0.784. The Bertz CT molecular complexity index is 622. The summed E-state index contributed by atoms with van der Waals surface area (Å²) in [6.07, 6.45) is 1.79. The Morgan fingerprint density at radius 1 is 1.08 bits per heavy atom. The summed E-state index contributed by atoms with van der Waals surface area (Å²) in [7, 11) is -3.34. The first-order valence-electron chi connectivity index (χ1n) is 8.53. The molecule has 0 unspecified atom stereocenters. The van der Waals surface area contributed by atoms with Crippen LogP contribution in [0.1, 0.15) is 32.3 Å². The molecular weight excluding hydrogens is 326 g/mol. The van der Waals surface area contributed by atoms with Gasteiger partial charge in [0.05, 0.1) is 5.75 Å². The molecule has 0 aromatic heterocycles. The summed E-state index contributed by atoms with van der Waals surface area (Å²) < 4.78 is 26.5. The molecule has 1 aliphatic rings. The number of amides is 2. The Hall–Kier alpha value is -1.60. The van der Waals surface area contributed by atoms with Crippen molar-refractivity contribution in [2.45, 2.75) is 38.5 Å². The molecule has 1 aromatic rings. The molecule has 0 radical (unpaired) electrons. The number of hydrogen-bond acceptors (Lipinski definition) is 3. The molecular formula is C17H27N3O3S. The van der Waals surface area contributed by atoms with Gasteiger partial charge in [0.1, 0.15) is 0 Å². The zero-order valence-electron chi connectivity index (χ0n) is 14.4. The molecule has 0 saturated carbocycles. The third-order valence-corrected chi connectivity index (χ3v) is 6.27. The molecule has 1 heterocycles. The lowest BCUT2D eigenvalue weighted by Crippen LogP contribution is -2.54. The lowest BCUT2D eigenvalue weighted by atomic mass is 10.2. The minimum Gasteiger partial charge on any atom is -0.335 e. The fourth-order valence-corrected chi connectivity index (χ4v) is 4.32. The molecule has 0 aliphatic carbocycles. The van der Waals surface area contributed by atoms with E-state index in [1.165, 1.54) is 4.31 Å². The Kier molecular flexibility index (Phi) is 6.62. The fourth-order valence-electron chi connectivity index (χ4n) is 2.80. The number of urea groups is 1. The van der Waals surface area contributed by atoms with Crippen LogP contribution >= 0.6 is 0 Å². The molecule has 24 heavy (non-hydrogen) atoms. The summed E-state index contributed by atoms with van der Waals surface area (Å²) in [5.74, 6) is 0.00772. The van der Waals surface area contributed by atoms with Crippen LogP contribution in [0.3, 0.4) is 0 Å². The van der Waals surface area contributed by atoms with Gasteiger partial charge >= 0.3 is 6.03 Å². The van der Waals surface area contributed by atoms with Crippen molar-refractivity contribution in [2.24, 2.45) is 0 Å². The first-order chi connectivity index (χ1) is 11.5. The number of rotatable bonds is 6. The van der Waals surface area contributed by atoms with E-state index in [9.17, 15) is 13.2 Å². The summed E-state index contributed by atoms with van der Waals surface area (Å²) >= 11 is 0. The lowest BCUT2D eigenvalue weighted by Gasteiger charge is -2.34. The highest BCUT2D eigenvalue weighted by atomic mass is 32.2. The van der Waals surface area contributed by atoms with Crippen molar-refractivity contribution in [2.75, 3.05) is 26.2 Å². The van der Waals surface area contributed by atoms with Crippen LogP contribution in [0.4, 0.5) is 4.79 Å². The van der Waals surface area contributed by atoms with Gasteiger partial charge in [-0.05, 0) is 18.4 Å². The number of hydrogen-bond donors (Lipinski definition) is 1. The fraction of sp³-hybridized carbons (Fsp3) is 0.588. The maximum Gasteiger partial charge on any atom is 0.317 e. The molecule has 1 aromatic carbocycles. The maximum atomic E-state index is 12.5. The Labute approximate surface area is 144 Å². The van der Waals surface area contributed by atoms with Crippen molar-refractivity contribution in [1.82, 2.24) is 14.5 Å². The Morgan fingerprint density at radius 3 is 2.21 bits per heavy atom. The monoisotopic (exact) mass is 353 g/mol. The smallest absolute Gasteiger partial charge is 0.317 e. The maximum absolute atomic E-state index is 12.5. The van der Waals surface area contributed by atoms with Crippen LogP contribution in [-0.2, 0) is 15.8 Å². The van der Waals surface area contributed by atoms with E-state index in [1.54, 1.807) is 4.90 Å². The van der Waals surface area contributed by atoms with E-state index >= 15 is 0 Å². The normalized spacial score (nSPS) is 16.4. The van der Waals surface area contributed by atoms with Gasteiger partial charge in [0, 0.05) is 32.2 Å². The number of carbonyl (C=O) groups is 1. The van der Waals surface area contributed by atoms with Crippen LogP contribution in [0.2, 0.25) is 0 Å². The molecule has 1 aliphatic heterocycles. The first-order valence-corrected chi connectivity index (χ1v) is 10.1. The van der Waals surface area contributed by atoms with Crippen LogP contribution in [0.25, 0.3) is 0 Å². The number of sulfonamides is 1.